The number of likely N-dealkylation sites (tertiary alicyclic amines) is 1. The first-order chi connectivity index (χ1) is 12.4. The van der Waals surface area contributed by atoms with Crippen LogP contribution in [0.5, 0.6) is 0 Å². The van der Waals surface area contributed by atoms with E-state index in [1.807, 2.05) is 30.3 Å². The third-order valence-electron chi connectivity index (χ3n) is 3.53. The van der Waals surface area contributed by atoms with E-state index < -0.39 is 29.9 Å². The minimum atomic E-state index is -4.23. The fourth-order valence-electron chi connectivity index (χ4n) is 2.25. The number of halogens is 3. The van der Waals surface area contributed by atoms with Crippen LogP contribution in [-0.4, -0.2) is 42.0 Å². The minimum Gasteiger partial charge on any atom is -0.445 e. The Morgan fingerprint density at radius 3 is 2.22 bits per heavy atom. The van der Waals surface area contributed by atoms with Crippen LogP contribution in [0.15, 0.2) is 30.3 Å². The number of rotatable bonds is 2. The zero-order chi connectivity index (χ0) is 20.7. The van der Waals surface area contributed by atoms with Crippen LogP contribution >= 0.6 is 0 Å². The summed E-state index contributed by atoms with van der Waals surface area (Å²) in [5.74, 6) is -1.42. The highest BCUT2D eigenvalue weighted by atomic mass is 19.4. The largest absolute Gasteiger partial charge is 0.445 e. The predicted octanol–water partition coefficient (Wildman–Crippen LogP) is 4.09. The molecule has 1 fully saturated rings. The number of primary amides is 1. The van der Waals surface area contributed by atoms with Gasteiger partial charge >= 0.3 is 18.4 Å². The number of alkyl halides is 3. The number of amides is 2. The highest BCUT2D eigenvalue weighted by molar-refractivity contribution is 5.68. The summed E-state index contributed by atoms with van der Waals surface area (Å²) < 4.78 is 46.6. The van der Waals surface area contributed by atoms with Crippen molar-refractivity contribution in [3.05, 3.63) is 35.9 Å². The molecule has 1 saturated heterocycles. The van der Waals surface area contributed by atoms with Gasteiger partial charge in [0.25, 0.3) is 0 Å². The molecule has 0 aliphatic carbocycles. The van der Waals surface area contributed by atoms with Crippen LogP contribution in [0, 0.1) is 5.92 Å². The molecule has 0 radical (unpaired) electrons. The SMILES string of the molecule is CC(C)(C)OC(=O)N1CCC(C(F)(F)F)C1.NC(=O)OCc1ccccc1. The average molecular weight is 390 g/mol. The predicted molar refractivity (Wildman–Crippen MR) is 92.8 cm³/mol. The van der Waals surface area contributed by atoms with Gasteiger partial charge in [0.1, 0.15) is 12.2 Å². The van der Waals surface area contributed by atoms with Crippen LogP contribution in [0.4, 0.5) is 22.8 Å². The van der Waals surface area contributed by atoms with Crippen molar-refractivity contribution in [1.82, 2.24) is 4.90 Å². The lowest BCUT2D eigenvalue weighted by Crippen LogP contribution is -2.36. The molecule has 6 nitrogen and oxygen atoms in total. The first-order valence-electron chi connectivity index (χ1n) is 8.39. The van der Waals surface area contributed by atoms with E-state index in [2.05, 4.69) is 4.74 Å². The van der Waals surface area contributed by atoms with Gasteiger partial charge in [-0.3, -0.25) is 0 Å². The third kappa shape index (κ3) is 9.16. The number of carbonyl (C=O) groups excluding carboxylic acids is 2. The molecular weight excluding hydrogens is 365 g/mol. The van der Waals surface area contributed by atoms with E-state index in [0.29, 0.717) is 0 Å². The van der Waals surface area contributed by atoms with Gasteiger partial charge in [-0.2, -0.15) is 13.2 Å². The molecule has 2 N–H and O–H groups in total. The molecule has 1 atom stereocenters. The molecule has 9 heteroatoms. The summed E-state index contributed by atoms with van der Waals surface area (Å²) in [6, 6.07) is 9.37. The van der Waals surface area contributed by atoms with Crippen molar-refractivity contribution < 1.29 is 32.2 Å². The smallest absolute Gasteiger partial charge is 0.410 e. The van der Waals surface area contributed by atoms with E-state index in [1.54, 1.807) is 20.8 Å². The number of nitrogens with two attached hydrogens (primary N) is 1. The van der Waals surface area contributed by atoms with Crippen LogP contribution in [-0.2, 0) is 16.1 Å². The van der Waals surface area contributed by atoms with E-state index in [9.17, 15) is 22.8 Å². The number of hydrogen-bond donors (Lipinski definition) is 1. The van der Waals surface area contributed by atoms with Gasteiger partial charge < -0.3 is 20.1 Å². The Hall–Kier alpha value is -2.45. The van der Waals surface area contributed by atoms with E-state index in [1.165, 1.54) is 0 Å². The number of hydrogen-bond acceptors (Lipinski definition) is 4. The average Bonchev–Trinajstić information content (AvgIpc) is 3.03. The third-order valence-corrected chi connectivity index (χ3v) is 3.53. The Balaban J connectivity index is 0.000000289. The molecule has 1 aromatic rings. The van der Waals surface area contributed by atoms with Crippen molar-refractivity contribution in [2.24, 2.45) is 11.7 Å². The maximum Gasteiger partial charge on any atom is 0.410 e. The van der Waals surface area contributed by atoms with E-state index in [-0.39, 0.29) is 26.1 Å². The van der Waals surface area contributed by atoms with Crippen molar-refractivity contribution in [3.8, 4) is 0 Å². The number of ether oxygens (including phenoxy) is 2. The summed E-state index contributed by atoms with van der Waals surface area (Å²) in [6.45, 7) is 5.11. The molecule has 152 valence electrons. The summed E-state index contributed by atoms with van der Waals surface area (Å²) in [7, 11) is 0. The molecule has 1 unspecified atom stereocenters. The molecule has 0 bridgehead atoms. The topological polar surface area (TPSA) is 81.9 Å². The van der Waals surface area contributed by atoms with Crippen molar-refractivity contribution in [2.75, 3.05) is 13.1 Å². The van der Waals surface area contributed by atoms with Crippen molar-refractivity contribution >= 4 is 12.2 Å². The second-order valence-electron chi connectivity index (χ2n) is 7.05. The molecule has 2 rings (SSSR count). The van der Waals surface area contributed by atoms with Crippen molar-refractivity contribution in [2.45, 2.75) is 45.6 Å². The molecule has 1 heterocycles. The second kappa shape index (κ2) is 9.48. The second-order valence-corrected chi connectivity index (χ2v) is 7.05. The normalized spacial score (nSPS) is 17.0. The van der Waals surface area contributed by atoms with Crippen molar-refractivity contribution in [1.29, 1.82) is 0 Å². The van der Waals surface area contributed by atoms with Crippen LogP contribution in [0.1, 0.15) is 32.8 Å². The number of benzene rings is 1. The summed E-state index contributed by atoms with van der Waals surface area (Å²) in [5, 5.41) is 0. The number of carbonyl (C=O) groups is 2. The Morgan fingerprint density at radius 2 is 1.78 bits per heavy atom. The Labute approximate surface area is 156 Å². The molecular formula is C18H25F3N2O4. The van der Waals surface area contributed by atoms with Gasteiger partial charge in [-0.05, 0) is 32.8 Å². The van der Waals surface area contributed by atoms with Crippen molar-refractivity contribution in [3.63, 3.8) is 0 Å². The monoisotopic (exact) mass is 390 g/mol. The molecule has 0 spiro atoms. The van der Waals surface area contributed by atoms with E-state index in [0.717, 1.165) is 10.5 Å². The molecule has 0 aromatic heterocycles. The van der Waals surface area contributed by atoms with Gasteiger partial charge in [-0.15, -0.1) is 0 Å². The molecule has 27 heavy (non-hydrogen) atoms. The lowest BCUT2D eigenvalue weighted by molar-refractivity contribution is -0.170. The maximum absolute atomic E-state index is 12.4. The molecule has 1 aliphatic rings. The van der Waals surface area contributed by atoms with Gasteiger partial charge in [-0.25, -0.2) is 9.59 Å². The Morgan fingerprint density at radius 1 is 1.19 bits per heavy atom. The van der Waals surface area contributed by atoms with Gasteiger partial charge in [0.15, 0.2) is 0 Å². The van der Waals surface area contributed by atoms with Gasteiger partial charge in [-0.1, -0.05) is 30.3 Å². The lowest BCUT2D eigenvalue weighted by Gasteiger charge is -2.24. The fraction of sp³-hybridized carbons (Fsp3) is 0.556. The van der Waals surface area contributed by atoms with E-state index in [4.69, 9.17) is 10.5 Å². The minimum absolute atomic E-state index is 0.0389. The van der Waals surface area contributed by atoms with Crippen LogP contribution in [0.2, 0.25) is 0 Å². The summed E-state index contributed by atoms with van der Waals surface area (Å²) in [4.78, 5) is 22.8. The Kier molecular flexibility index (Phi) is 7.93. The van der Waals surface area contributed by atoms with E-state index >= 15 is 0 Å². The fourth-order valence-corrected chi connectivity index (χ4v) is 2.25. The first kappa shape index (κ1) is 22.6. The standard InChI is InChI=1S/C10H16F3NO2.C8H9NO2/c1-9(2,3)16-8(15)14-5-4-7(6-14)10(11,12)13;9-8(10)11-6-7-4-2-1-3-5-7/h7H,4-6H2,1-3H3;1-5H,6H2,(H2,9,10). The van der Waals surface area contributed by atoms with Crippen LogP contribution in [0.25, 0.3) is 0 Å². The summed E-state index contributed by atoms with van der Waals surface area (Å²) in [6.07, 6.45) is -5.67. The quantitative estimate of drug-likeness (QED) is 0.825. The van der Waals surface area contributed by atoms with Gasteiger partial charge in [0, 0.05) is 13.1 Å². The van der Waals surface area contributed by atoms with Crippen LogP contribution < -0.4 is 5.73 Å². The molecule has 2 amide bonds. The number of nitrogens with zero attached hydrogens (tertiary/aromatic N) is 1. The maximum atomic E-state index is 12.4. The van der Waals surface area contributed by atoms with Gasteiger partial charge in [0.05, 0.1) is 5.92 Å². The highest BCUT2D eigenvalue weighted by Gasteiger charge is 2.45. The van der Waals surface area contributed by atoms with Gasteiger partial charge in [0.2, 0.25) is 0 Å². The highest BCUT2D eigenvalue weighted by Crippen LogP contribution is 2.33. The molecule has 0 saturated carbocycles. The Bertz CT molecular complexity index is 615. The zero-order valence-corrected chi connectivity index (χ0v) is 15.6. The lowest BCUT2D eigenvalue weighted by atomic mass is 10.1. The van der Waals surface area contributed by atoms with Crippen LogP contribution in [0.3, 0.4) is 0 Å². The molecule has 1 aliphatic heterocycles. The zero-order valence-electron chi connectivity index (χ0n) is 15.6. The summed E-state index contributed by atoms with van der Waals surface area (Å²) >= 11 is 0. The first-order valence-corrected chi connectivity index (χ1v) is 8.39. The molecule has 1 aromatic carbocycles. The summed E-state index contributed by atoms with van der Waals surface area (Å²) in [5.41, 5.74) is 5.04.